The second-order valence-electron chi connectivity index (χ2n) is 10.4. The lowest BCUT2D eigenvalue weighted by molar-refractivity contribution is -0.137. The van der Waals surface area contributed by atoms with E-state index in [4.69, 9.17) is 5.73 Å². The molecule has 2 aliphatic carbocycles. The number of hydrogen-bond acceptors (Lipinski definition) is 5. The molecule has 2 saturated carbocycles. The topological polar surface area (TPSA) is 91.5 Å². The number of fused-ring (bicyclic) bond motifs is 1. The monoisotopic (exact) mass is 488 g/mol. The first-order valence-electron chi connectivity index (χ1n) is 12.3. The Morgan fingerprint density at radius 2 is 1.89 bits per heavy atom. The maximum Gasteiger partial charge on any atom is 0.390 e. The highest BCUT2D eigenvalue weighted by molar-refractivity contribution is 5.99. The number of nitrogens with one attached hydrogen (secondary N) is 1. The molecule has 2 heterocycles. The summed E-state index contributed by atoms with van der Waals surface area (Å²) in [5, 5.41) is 12.7. The second-order valence-corrected chi connectivity index (χ2v) is 10.4. The van der Waals surface area contributed by atoms with Crippen molar-refractivity contribution in [3.05, 3.63) is 47.7 Å². The Hall–Kier alpha value is -2.65. The van der Waals surface area contributed by atoms with Crippen LogP contribution in [0.25, 0.3) is 11.1 Å². The molecule has 188 valence electrons. The molecular weight excluding hydrogens is 457 g/mol. The maximum atomic E-state index is 12.9. The Kier molecular flexibility index (Phi) is 6.25. The Morgan fingerprint density at radius 3 is 2.57 bits per heavy atom. The number of alkyl halides is 3. The number of nitrogen functional groups attached to an aromatic ring is 1. The number of aromatic nitrogens is 1. The average Bonchev–Trinajstić information content (AvgIpc) is 3.40. The minimum Gasteiger partial charge on any atom is -0.393 e. The molecule has 35 heavy (non-hydrogen) atoms. The van der Waals surface area contributed by atoms with Gasteiger partial charge in [-0.25, -0.2) is 4.98 Å². The van der Waals surface area contributed by atoms with Gasteiger partial charge in [-0.15, -0.1) is 0 Å². The minimum atomic E-state index is -4.12. The number of carbonyl (C=O) groups is 1. The van der Waals surface area contributed by atoms with Gasteiger partial charge >= 0.3 is 6.18 Å². The van der Waals surface area contributed by atoms with Crippen LogP contribution in [0.5, 0.6) is 0 Å². The lowest BCUT2D eigenvalue weighted by Crippen LogP contribution is -2.38. The highest BCUT2D eigenvalue weighted by atomic mass is 19.4. The predicted octanol–water partition coefficient (Wildman–Crippen LogP) is 3.89. The Morgan fingerprint density at radius 1 is 1.17 bits per heavy atom. The van der Waals surface area contributed by atoms with Crippen LogP contribution in [0.3, 0.4) is 0 Å². The fourth-order valence-electron chi connectivity index (χ4n) is 5.78. The van der Waals surface area contributed by atoms with Crippen LogP contribution in [0.2, 0.25) is 0 Å². The van der Waals surface area contributed by atoms with E-state index in [0.717, 1.165) is 42.5 Å². The van der Waals surface area contributed by atoms with Crippen LogP contribution < -0.4 is 11.1 Å². The summed E-state index contributed by atoms with van der Waals surface area (Å²) in [7, 11) is 0. The van der Waals surface area contributed by atoms with Gasteiger partial charge in [0, 0.05) is 42.9 Å². The number of amides is 1. The summed E-state index contributed by atoms with van der Waals surface area (Å²) < 4.78 is 37.8. The number of anilines is 1. The van der Waals surface area contributed by atoms with Crippen molar-refractivity contribution in [1.29, 1.82) is 0 Å². The summed E-state index contributed by atoms with van der Waals surface area (Å²) in [5.41, 5.74) is 9.12. The molecular formula is C26H31F3N4O2. The van der Waals surface area contributed by atoms with Gasteiger partial charge in [0.15, 0.2) is 0 Å². The molecule has 3 aliphatic rings. The first kappa shape index (κ1) is 24.1. The van der Waals surface area contributed by atoms with Crippen molar-refractivity contribution in [2.75, 3.05) is 25.4 Å². The molecule has 2 atom stereocenters. The predicted molar refractivity (Wildman–Crippen MR) is 127 cm³/mol. The molecule has 1 saturated heterocycles. The summed E-state index contributed by atoms with van der Waals surface area (Å²) in [6.07, 6.45) is 0.294. The van der Waals surface area contributed by atoms with Crippen LogP contribution in [-0.2, 0) is 5.41 Å². The number of carbonyl (C=O) groups excluding carboxylic acids is 1. The van der Waals surface area contributed by atoms with Crippen molar-refractivity contribution in [2.24, 2.45) is 5.92 Å². The van der Waals surface area contributed by atoms with E-state index in [1.54, 1.807) is 12.3 Å². The van der Waals surface area contributed by atoms with Gasteiger partial charge in [-0.3, -0.25) is 4.79 Å². The van der Waals surface area contributed by atoms with Crippen molar-refractivity contribution >= 4 is 11.7 Å². The number of rotatable bonds is 6. The summed E-state index contributed by atoms with van der Waals surface area (Å²) in [6.45, 7) is 1.44. The number of pyridine rings is 1. The third-order valence-electron chi connectivity index (χ3n) is 7.92. The molecule has 4 N–H and O–H groups in total. The standard InChI is InChI=1S/C26H31F3N4O2/c27-26(28,29)9-10-33-14-19-12-25(19,15-33)18-3-1-16(2-4-18)17-11-22(23(30)31-13-17)24(35)32-20-5-7-21(34)8-6-20/h1-4,11,13,19-21,34H,5-10,12,14-15H2,(H2,30,31)(H,32,35)/t19-,20-,21-,25+/m1/s1. The number of halogens is 3. The molecule has 6 nitrogen and oxygen atoms in total. The lowest BCUT2D eigenvalue weighted by atomic mass is 9.92. The van der Waals surface area contributed by atoms with Gasteiger partial charge in [0.2, 0.25) is 0 Å². The van der Waals surface area contributed by atoms with E-state index in [-0.39, 0.29) is 35.8 Å². The van der Waals surface area contributed by atoms with Crippen LogP contribution in [0.1, 0.15) is 54.4 Å². The van der Waals surface area contributed by atoms with E-state index in [0.29, 0.717) is 30.9 Å². The molecule has 1 amide bonds. The van der Waals surface area contributed by atoms with E-state index in [9.17, 15) is 23.1 Å². The van der Waals surface area contributed by atoms with Gasteiger partial charge in [0.25, 0.3) is 5.91 Å². The Labute approximate surface area is 202 Å². The number of likely N-dealkylation sites (tertiary alicyclic amines) is 1. The van der Waals surface area contributed by atoms with Gasteiger partial charge in [-0.1, -0.05) is 24.3 Å². The summed E-state index contributed by atoms with van der Waals surface area (Å²) in [6, 6.07) is 9.82. The van der Waals surface area contributed by atoms with Crippen molar-refractivity contribution < 1.29 is 23.1 Å². The quantitative estimate of drug-likeness (QED) is 0.574. The first-order valence-corrected chi connectivity index (χ1v) is 12.3. The normalized spacial score (nSPS) is 28.5. The molecule has 3 fully saturated rings. The van der Waals surface area contributed by atoms with Crippen LogP contribution >= 0.6 is 0 Å². The van der Waals surface area contributed by atoms with Gasteiger partial charge < -0.3 is 21.1 Å². The van der Waals surface area contributed by atoms with Crippen LogP contribution in [0.4, 0.5) is 19.0 Å². The molecule has 9 heteroatoms. The zero-order valence-electron chi connectivity index (χ0n) is 19.5. The fraction of sp³-hybridized carbons (Fsp3) is 0.538. The number of nitrogens with zero attached hydrogens (tertiary/aromatic N) is 2. The van der Waals surface area contributed by atoms with Gasteiger partial charge in [-0.05, 0) is 55.2 Å². The van der Waals surface area contributed by atoms with E-state index >= 15 is 0 Å². The first-order chi connectivity index (χ1) is 16.6. The largest absolute Gasteiger partial charge is 0.393 e. The molecule has 2 aromatic rings. The highest BCUT2D eigenvalue weighted by Crippen LogP contribution is 2.59. The second kappa shape index (κ2) is 9.09. The smallest absolute Gasteiger partial charge is 0.390 e. The summed E-state index contributed by atoms with van der Waals surface area (Å²) >= 11 is 0. The number of nitrogens with two attached hydrogens (primary N) is 1. The third kappa shape index (κ3) is 5.16. The van der Waals surface area contributed by atoms with Crippen molar-refractivity contribution in [1.82, 2.24) is 15.2 Å². The summed E-state index contributed by atoms with van der Waals surface area (Å²) in [4.78, 5) is 19.0. The number of piperidine rings is 1. The van der Waals surface area contributed by atoms with Crippen LogP contribution in [0, 0.1) is 5.92 Å². The molecule has 0 unspecified atom stereocenters. The lowest BCUT2D eigenvalue weighted by Gasteiger charge is -2.26. The minimum absolute atomic E-state index is 0.0149. The van der Waals surface area contributed by atoms with Gasteiger partial charge in [0.1, 0.15) is 5.82 Å². The SMILES string of the molecule is Nc1ncc(-c2ccc([C@@]34C[C@@H]3CN(CCC(F)(F)F)C4)cc2)cc1C(=O)N[C@H]1CC[C@H](O)CC1. The Balaban J connectivity index is 1.26. The average molecular weight is 489 g/mol. The van der Waals surface area contributed by atoms with Crippen LogP contribution in [0.15, 0.2) is 36.5 Å². The van der Waals surface area contributed by atoms with Gasteiger partial charge in [0.05, 0.1) is 18.1 Å². The zero-order chi connectivity index (χ0) is 24.8. The molecule has 1 aliphatic heterocycles. The van der Waals surface area contributed by atoms with Crippen molar-refractivity contribution in [3.8, 4) is 11.1 Å². The molecule has 0 bridgehead atoms. The van der Waals surface area contributed by atoms with Gasteiger partial charge in [-0.2, -0.15) is 13.2 Å². The van der Waals surface area contributed by atoms with E-state index in [1.165, 1.54) is 0 Å². The number of aliphatic hydroxyl groups excluding tert-OH is 1. The molecule has 0 radical (unpaired) electrons. The fourth-order valence-corrected chi connectivity index (χ4v) is 5.78. The third-order valence-corrected chi connectivity index (χ3v) is 7.92. The van der Waals surface area contributed by atoms with Crippen molar-refractivity contribution in [3.63, 3.8) is 0 Å². The zero-order valence-corrected chi connectivity index (χ0v) is 19.5. The molecule has 1 aromatic carbocycles. The number of hydrogen-bond donors (Lipinski definition) is 3. The molecule has 5 rings (SSSR count). The van der Waals surface area contributed by atoms with E-state index < -0.39 is 12.6 Å². The van der Waals surface area contributed by atoms with E-state index in [1.807, 2.05) is 29.2 Å². The van der Waals surface area contributed by atoms with Crippen molar-refractivity contribution in [2.45, 2.75) is 62.3 Å². The highest BCUT2D eigenvalue weighted by Gasteiger charge is 2.60. The molecule has 0 spiro atoms. The molecule has 1 aromatic heterocycles. The van der Waals surface area contributed by atoms with Crippen LogP contribution in [-0.4, -0.2) is 58.9 Å². The number of benzene rings is 1. The maximum absolute atomic E-state index is 12.9. The summed E-state index contributed by atoms with van der Waals surface area (Å²) in [5.74, 6) is 0.318. The van der Waals surface area contributed by atoms with E-state index in [2.05, 4.69) is 10.3 Å². The Bertz CT molecular complexity index is 1080. The number of aliphatic hydroxyl groups is 1.